The van der Waals surface area contributed by atoms with Crippen LogP contribution in [0, 0.1) is 0 Å². The van der Waals surface area contributed by atoms with Crippen LogP contribution in [0.3, 0.4) is 0 Å². The van der Waals surface area contributed by atoms with Gasteiger partial charge in [0.25, 0.3) is 0 Å². The molecule has 0 spiro atoms. The lowest BCUT2D eigenvalue weighted by Crippen LogP contribution is -2.60. The number of halogens is 3. The highest BCUT2D eigenvalue weighted by atomic mass is 19.4. The van der Waals surface area contributed by atoms with Crippen LogP contribution >= 0.6 is 0 Å². The monoisotopic (exact) mass is 335 g/mol. The number of nitrogens with one attached hydrogen (secondary N) is 1. The van der Waals surface area contributed by atoms with Crippen molar-refractivity contribution >= 4 is 6.03 Å². The molecular formula is C13H20F3N5O2. The van der Waals surface area contributed by atoms with Gasteiger partial charge in [-0.1, -0.05) is 0 Å². The zero-order chi connectivity index (χ0) is 17.3. The summed E-state index contributed by atoms with van der Waals surface area (Å²) in [7, 11) is 0. The molecule has 1 aliphatic rings. The summed E-state index contributed by atoms with van der Waals surface area (Å²) < 4.78 is 45.4. The van der Waals surface area contributed by atoms with Crippen molar-refractivity contribution < 1.29 is 22.7 Å². The number of morpholine rings is 1. The summed E-state index contributed by atoms with van der Waals surface area (Å²) in [5.41, 5.74) is -1.07. The molecule has 1 unspecified atom stereocenters. The van der Waals surface area contributed by atoms with Crippen LogP contribution in [0.4, 0.5) is 18.0 Å². The Morgan fingerprint density at radius 1 is 1.52 bits per heavy atom. The predicted molar refractivity (Wildman–Crippen MR) is 74.5 cm³/mol. The van der Waals surface area contributed by atoms with Gasteiger partial charge in [-0.05, 0) is 20.8 Å². The van der Waals surface area contributed by atoms with E-state index < -0.39 is 30.5 Å². The Hall–Kier alpha value is -1.84. The molecule has 0 aliphatic carbocycles. The van der Waals surface area contributed by atoms with E-state index in [9.17, 15) is 18.0 Å². The first kappa shape index (κ1) is 17.5. The van der Waals surface area contributed by atoms with Gasteiger partial charge in [0.2, 0.25) is 0 Å². The zero-order valence-corrected chi connectivity index (χ0v) is 13.2. The zero-order valence-electron chi connectivity index (χ0n) is 13.2. The van der Waals surface area contributed by atoms with Gasteiger partial charge < -0.3 is 15.0 Å². The second-order valence-electron chi connectivity index (χ2n) is 5.94. The summed E-state index contributed by atoms with van der Waals surface area (Å²) in [6.07, 6.45) is -5.14. The first-order valence-corrected chi connectivity index (χ1v) is 7.26. The van der Waals surface area contributed by atoms with Crippen LogP contribution < -0.4 is 5.32 Å². The third-order valence-electron chi connectivity index (χ3n) is 3.46. The van der Waals surface area contributed by atoms with Gasteiger partial charge in [0, 0.05) is 6.54 Å². The molecule has 1 saturated heterocycles. The number of amides is 2. The molecule has 1 aliphatic heterocycles. The number of nitrogens with zero attached hydrogens (tertiary/aromatic N) is 4. The summed E-state index contributed by atoms with van der Waals surface area (Å²) >= 11 is 0. The van der Waals surface area contributed by atoms with Crippen LogP contribution in [0.2, 0.25) is 0 Å². The number of alkyl halides is 3. The lowest BCUT2D eigenvalue weighted by Gasteiger charge is -2.43. The van der Waals surface area contributed by atoms with Crippen LogP contribution in [0.1, 0.15) is 26.6 Å². The maximum absolute atomic E-state index is 12.9. The van der Waals surface area contributed by atoms with Crippen molar-refractivity contribution in [2.75, 3.05) is 13.1 Å². The fourth-order valence-corrected chi connectivity index (χ4v) is 2.46. The number of carbonyl (C=O) groups excluding carboxylic acids is 1. The summed E-state index contributed by atoms with van der Waals surface area (Å²) in [4.78, 5) is 17.3. The number of carbonyl (C=O) groups is 1. The Bertz CT molecular complexity index is 558. The third-order valence-corrected chi connectivity index (χ3v) is 3.46. The number of urea groups is 1. The van der Waals surface area contributed by atoms with Gasteiger partial charge in [-0.3, -0.25) is 0 Å². The number of aryl methyl sites for hydroxylation is 1. The van der Waals surface area contributed by atoms with E-state index in [1.54, 1.807) is 4.68 Å². The Morgan fingerprint density at radius 2 is 2.22 bits per heavy atom. The first-order valence-electron chi connectivity index (χ1n) is 7.26. The topological polar surface area (TPSA) is 72.3 Å². The highest BCUT2D eigenvalue weighted by Gasteiger charge is 2.49. The van der Waals surface area contributed by atoms with E-state index in [0.717, 1.165) is 4.90 Å². The minimum Gasteiger partial charge on any atom is -0.359 e. The number of rotatable bonds is 3. The molecule has 2 rings (SSSR count). The molecule has 1 N–H and O–H groups in total. The third kappa shape index (κ3) is 4.34. The van der Waals surface area contributed by atoms with Gasteiger partial charge in [0.15, 0.2) is 6.10 Å². The van der Waals surface area contributed by atoms with Gasteiger partial charge in [0.05, 0.1) is 25.2 Å². The minimum atomic E-state index is -4.52. The molecule has 1 aromatic heterocycles. The lowest BCUT2D eigenvalue weighted by atomic mass is 10.1. The van der Waals surface area contributed by atoms with Crippen molar-refractivity contribution in [2.45, 2.75) is 51.7 Å². The van der Waals surface area contributed by atoms with Crippen LogP contribution in [-0.4, -0.2) is 56.7 Å². The molecule has 7 nitrogen and oxygen atoms in total. The maximum atomic E-state index is 12.9. The molecule has 0 saturated carbocycles. The lowest BCUT2D eigenvalue weighted by molar-refractivity contribution is -0.267. The standard InChI is InChI=1S/C13H20F3N5O2/c1-4-21-10(18-8-19-21)5-17-11(22)20-6-9(13(14,15)16)23-12(2,3)7-20/h8-9H,4-7H2,1-3H3,(H,17,22). The number of hydrogen-bond acceptors (Lipinski definition) is 4. The van der Waals surface area contributed by atoms with Crippen LogP contribution in [-0.2, 0) is 17.8 Å². The second-order valence-corrected chi connectivity index (χ2v) is 5.94. The number of hydrogen-bond donors (Lipinski definition) is 1. The van der Waals surface area contributed by atoms with Crippen molar-refractivity contribution in [1.82, 2.24) is 25.0 Å². The Morgan fingerprint density at radius 3 is 2.83 bits per heavy atom. The van der Waals surface area contributed by atoms with Gasteiger partial charge >= 0.3 is 12.2 Å². The van der Waals surface area contributed by atoms with E-state index in [1.807, 2.05) is 6.92 Å². The molecule has 1 fully saturated rings. The summed E-state index contributed by atoms with van der Waals surface area (Å²) in [5, 5.41) is 6.54. The molecule has 2 heterocycles. The molecule has 23 heavy (non-hydrogen) atoms. The van der Waals surface area contributed by atoms with Crippen LogP contribution in [0.5, 0.6) is 0 Å². The van der Waals surface area contributed by atoms with Crippen molar-refractivity contribution in [3.63, 3.8) is 0 Å². The fourth-order valence-electron chi connectivity index (χ4n) is 2.46. The van der Waals surface area contributed by atoms with E-state index in [1.165, 1.54) is 20.2 Å². The van der Waals surface area contributed by atoms with Crippen molar-refractivity contribution in [1.29, 1.82) is 0 Å². The molecular weight excluding hydrogens is 315 g/mol. The molecule has 0 radical (unpaired) electrons. The van der Waals surface area contributed by atoms with Crippen molar-refractivity contribution in [3.05, 3.63) is 12.2 Å². The normalized spacial score (nSPS) is 21.3. The molecule has 1 aromatic rings. The largest absolute Gasteiger partial charge is 0.416 e. The van der Waals surface area contributed by atoms with E-state index in [4.69, 9.17) is 4.74 Å². The number of aromatic nitrogens is 3. The maximum Gasteiger partial charge on any atom is 0.416 e. The molecule has 10 heteroatoms. The molecule has 0 bridgehead atoms. The van der Waals surface area contributed by atoms with Gasteiger partial charge in [-0.15, -0.1) is 0 Å². The Labute approximate surface area is 131 Å². The van der Waals surface area contributed by atoms with E-state index in [2.05, 4.69) is 15.4 Å². The van der Waals surface area contributed by atoms with Gasteiger partial charge in [-0.25, -0.2) is 14.5 Å². The molecule has 0 aromatic carbocycles. The SMILES string of the molecule is CCn1ncnc1CNC(=O)N1CC(C(F)(F)F)OC(C)(C)C1. The average Bonchev–Trinajstić information content (AvgIpc) is 2.89. The smallest absolute Gasteiger partial charge is 0.359 e. The first-order chi connectivity index (χ1) is 10.6. The fraction of sp³-hybridized carbons (Fsp3) is 0.769. The van der Waals surface area contributed by atoms with Crippen molar-refractivity contribution in [2.24, 2.45) is 0 Å². The van der Waals surface area contributed by atoms with E-state index >= 15 is 0 Å². The van der Waals surface area contributed by atoms with Crippen LogP contribution in [0.15, 0.2) is 6.33 Å². The number of ether oxygens (including phenoxy) is 1. The molecule has 130 valence electrons. The van der Waals surface area contributed by atoms with Crippen molar-refractivity contribution in [3.8, 4) is 0 Å². The minimum absolute atomic E-state index is 0.0753. The quantitative estimate of drug-likeness (QED) is 0.910. The highest BCUT2D eigenvalue weighted by molar-refractivity contribution is 5.74. The van der Waals surface area contributed by atoms with Crippen LogP contribution in [0.25, 0.3) is 0 Å². The summed E-state index contributed by atoms with van der Waals surface area (Å²) in [5.74, 6) is 0.542. The molecule has 2 amide bonds. The van der Waals surface area contributed by atoms with Gasteiger partial charge in [-0.2, -0.15) is 18.3 Å². The Kier molecular flexibility index (Phi) is 4.83. The van der Waals surface area contributed by atoms with E-state index in [-0.39, 0.29) is 13.1 Å². The average molecular weight is 335 g/mol. The predicted octanol–water partition coefficient (Wildman–Crippen LogP) is 1.55. The second kappa shape index (κ2) is 6.34. The summed E-state index contributed by atoms with van der Waals surface area (Å²) in [6, 6.07) is -0.582. The van der Waals surface area contributed by atoms with Gasteiger partial charge in [0.1, 0.15) is 12.2 Å². The molecule has 1 atom stereocenters. The summed E-state index contributed by atoms with van der Waals surface area (Å²) in [6.45, 7) is 5.16. The highest BCUT2D eigenvalue weighted by Crippen LogP contribution is 2.31. The Balaban J connectivity index is 2.00. The van der Waals surface area contributed by atoms with E-state index in [0.29, 0.717) is 12.4 Å².